The summed E-state index contributed by atoms with van der Waals surface area (Å²) in [4.78, 5) is 13.2. The van der Waals surface area contributed by atoms with Crippen LogP contribution in [-0.2, 0) is 4.79 Å². The first-order chi connectivity index (χ1) is 14.0. The summed E-state index contributed by atoms with van der Waals surface area (Å²) in [7, 11) is 0. The van der Waals surface area contributed by atoms with Gasteiger partial charge in [0.15, 0.2) is 5.11 Å². The lowest BCUT2D eigenvalue weighted by Gasteiger charge is -2.11. The average Bonchev–Trinajstić information content (AvgIpc) is 2.67. The second-order valence-corrected chi connectivity index (χ2v) is 8.14. The molecule has 0 aromatic heterocycles. The molecule has 29 heavy (non-hydrogen) atoms. The molecule has 4 nitrogen and oxygen atoms in total. The fourth-order valence-electron chi connectivity index (χ4n) is 2.84. The molecule has 3 aromatic rings. The molecule has 0 heterocycles. The van der Waals surface area contributed by atoms with Crippen LogP contribution in [0.1, 0.15) is 11.1 Å². The number of thioether (sulfide) groups is 1. The van der Waals surface area contributed by atoms with Crippen LogP contribution >= 0.6 is 24.0 Å². The number of thiocarbonyl (C=S) groups is 1. The number of hydrogen-bond acceptors (Lipinski definition) is 3. The maximum absolute atomic E-state index is 12.2. The molecule has 3 aromatic carbocycles. The highest BCUT2D eigenvalue weighted by Crippen LogP contribution is 2.21. The third kappa shape index (κ3) is 6.93. The zero-order valence-electron chi connectivity index (χ0n) is 16.4. The summed E-state index contributed by atoms with van der Waals surface area (Å²) in [5.41, 5.74) is 4.94. The predicted octanol–water partition coefficient (Wildman–Crippen LogP) is 5.84. The van der Waals surface area contributed by atoms with E-state index < -0.39 is 0 Å². The summed E-state index contributed by atoms with van der Waals surface area (Å²) in [5, 5.41) is 9.78. The van der Waals surface area contributed by atoms with Crippen molar-refractivity contribution >= 4 is 52.1 Å². The Balaban J connectivity index is 1.47. The normalized spacial score (nSPS) is 10.3. The van der Waals surface area contributed by atoms with E-state index >= 15 is 0 Å². The van der Waals surface area contributed by atoms with Crippen molar-refractivity contribution in [3.63, 3.8) is 0 Å². The average molecular weight is 422 g/mol. The molecule has 0 aliphatic rings. The van der Waals surface area contributed by atoms with Crippen LogP contribution in [0.3, 0.4) is 0 Å². The molecule has 0 aliphatic heterocycles. The van der Waals surface area contributed by atoms with Crippen LogP contribution in [0.2, 0.25) is 0 Å². The van der Waals surface area contributed by atoms with E-state index in [2.05, 4.69) is 22.0 Å². The molecule has 0 aliphatic carbocycles. The lowest BCUT2D eigenvalue weighted by atomic mass is 10.1. The Morgan fingerprint density at radius 3 is 2.00 bits per heavy atom. The number of aryl methyl sites for hydroxylation is 2. The number of nitrogens with one attached hydrogen (secondary N) is 3. The number of carbonyl (C=O) groups excluding carboxylic acids is 1. The summed E-state index contributed by atoms with van der Waals surface area (Å²) in [6.45, 7) is 4.04. The number of carbonyl (C=O) groups is 1. The van der Waals surface area contributed by atoms with E-state index in [1.54, 1.807) is 0 Å². The van der Waals surface area contributed by atoms with Gasteiger partial charge in [-0.2, -0.15) is 0 Å². The maximum Gasteiger partial charge on any atom is 0.234 e. The predicted molar refractivity (Wildman–Crippen MR) is 128 cm³/mol. The molecule has 3 rings (SSSR count). The van der Waals surface area contributed by atoms with Crippen molar-refractivity contribution < 1.29 is 4.79 Å². The van der Waals surface area contributed by atoms with E-state index in [0.717, 1.165) is 33.1 Å². The molecule has 0 saturated heterocycles. The first-order valence-electron chi connectivity index (χ1n) is 9.22. The molecule has 0 spiro atoms. The van der Waals surface area contributed by atoms with Crippen LogP contribution in [0.15, 0.2) is 77.7 Å². The molecular formula is C23H23N3OS2. The Morgan fingerprint density at radius 2 is 1.38 bits per heavy atom. The number of hydrogen-bond donors (Lipinski definition) is 3. The molecule has 0 saturated carbocycles. The van der Waals surface area contributed by atoms with Crippen molar-refractivity contribution in [1.82, 2.24) is 0 Å². The number of anilines is 3. The van der Waals surface area contributed by atoms with E-state index in [4.69, 9.17) is 12.2 Å². The highest BCUT2D eigenvalue weighted by molar-refractivity contribution is 8.00. The number of benzene rings is 3. The van der Waals surface area contributed by atoms with Crippen LogP contribution in [0.4, 0.5) is 17.1 Å². The van der Waals surface area contributed by atoms with Gasteiger partial charge in [-0.25, -0.2) is 0 Å². The van der Waals surface area contributed by atoms with Gasteiger partial charge in [-0.3, -0.25) is 4.79 Å². The lowest BCUT2D eigenvalue weighted by Crippen LogP contribution is -2.18. The number of rotatable bonds is 6. The molecule has 0 atom stereocenters. The third-order valence-corrected chi connectivity index (χ3v) is 5.24. The molecule has 3 N–H and O–H groups in total. The van der Waals surface area contributed by atoms with Crippen LogP contribution in [0.5, 0.6) is 0 Å². The summed E-state index contributed by atoms with van der Waals surface area (Å²) in [6, 6.07) is 23.6. The maximum atomic E-state index is 12.2. The first-order valence-corrected chi connectivity index (χ1v) is 10.6. The van der Waals surface area contributed by atoms with E-state index in [1.807, 2.05) is 80.6 Å². The van der Waals surface area contributed by atoms with Gasteiger partial charge in [-0.1, -0.05) is 24.3 Å². The van der Waals surface area contributed by atoms with E-state index in [0.29, 0.717) is 10.9 Å². The van der Waals surface area contributed by atoms with Crippen LogP contribution < -0.4 is 16.0 Å². The van der Waals surface area contributed by atoms with E-state index in [1.165, 1.54) is 11.8 Å². The molecular weight excluding hydrogens is 398 g/mol. The van der Waals surface area contributed by atoms with Gasteiger partial charge < -0.3 is 16.0 Å². The Kier molecular flexibility index (Phi) is 7.27. The second-order valence-electron chi connectivity index (χ2n) is 6.68. The van der Waals surface area contributed by atoms with Crippen molar-refractivity contribution in [3.05, 3.63) is 83.9 Å². The highest BCUT2D eigenvalue weighted by Gasteiger charge is 2.05. The Labute approximate surface area is 181 Å². The third-order valence-electron chi connectivity index (χ3n) is 4.02. The SMILES string of the molecule is Cc1cc(C)cc(NC(=O)CSc2ccc(NC(=S)Nc3ccccc3)cc2)c1. The van der Waals surface area contributed by atoms with Gasteiger partial charge in [0.1, 0.15) is 0 Å². The van der Waals surface area contributed by atoms with Gasteiger partial charge in [-0.15, -0.1) is 11.8 Å². The summed E-state index contributed by atoms with van der Waals surface area (Å²) in [6.07, 6.45) is 0. The number of amides is 1. The first kappa shape index (κ1) is 20.9. The van der Waals surface area contributed by atoms with Crippen molar-refractivity contribution in [2.75, 3.05) is 21.7 Å². The summed E-state index contributed by atoms with van der Waals surface area (Å²) < 4.78 is 0. The van der Waals surface area contributed by atoms with Crippen molar-refractivity contribution in [3.8, 4) is 0 Å². The minimum absolute atomic E-state index is 0.0181. The topological polar surface area (TPSA) is 53.2 Å². The van der Waals surface area contributed by atoms with Crippen molar-refractivity contribution in [1.29, 1.82) is 0 Å². The Bertz CT molecular complexity index is 969. The Hall–Kier alpha value is -2.83. The van der Waals surface area contributed by atoms with E-state index in [9.17, 15) is 4.79 Å². The Morgan fingerprint density at radius 1 is 0.793 bits per heavy atom. The largest absolute Gasteiger partial charge is 0.332 e. The van der Waals surface area contributed by atoms with Gasteiger partial charge in [0, 0.05) is 22.0 Å². The monoisotopic (exact) mass is 421 g/mol. The van der Waals surface area contributed by atoms with Gasteiger partial charge in [0.05, 0.1) is 5.75 Å². The fourth-order valence-corrected chi connectivity index (χ4v) is 3.78. The van der Waals surface area contributed by atoms with E-state index in [-0.39, 0.29) is 5.91 Å². The second kappa shape index (κ2) is 10.1. The molecule has 1 amide bonds. The van der Waals surface area contributed by atoms with Crippen LogP contribution in [-0.4, -0.2) is 16.8 Å². The molecule has 6 heteroatoms. The van der Waals surface area contributed by atoms with Crippen LogP contribution in [0.25, 0.3) is 0 Å². The highest BCUT2D eigenvalue weighted by atomic mass is 32.2. The van der Waals surface area contributed by atoms with Crippen molar-refractivity contribution in [2.45, 2.75) is 18.7 Å². The molecule has 148 valence electrons. The summed E-state index contributed by atoms with van der Waals surface area (Å²) >= 11 is 6.83. The molecule has 0 fully saturated rings. The number of para-hydroxylation sites is 1. The molecule has 0 bridgehead atoms. The molecule has 0 unspecified atom stereocenters. The van der Waals surface area contributed by atoms with Gasteiger partial charge in [0.2, 0.25) is 5.91 Å². The zero-order valence-corrected chi connectivity index (χ0v) is 18.0. The minimum Gasteiger partial charge on any atom is -0.332 e. The van der Waals surface area contributed by atoms with Gasteiger partial charge in [0.25, 0.3) is 0 Å². The van der Waals surface area contributed by atoms with Gasteiger partial charge in [-0.05, 0) is 85.7 Å². The fraction of sp³-hybridized carbons (Fsp3) is 0.130. The minimum atomic E-state index is -0.0181. The van der Waals surface area contributed by atoms with Gasteiger partial charge >= 0.3 is 0 Å². The smallest absolute Gasteiger partial charge is 0.234 e. The lowest BCUT2D eigenvalue weighted by molar-refractivity contribution is -0.113. The summed E-state index contributed by atoms with van der Waals surface area (Å²) in [5.74, 6) is 0.337. The standard InChI is InChI=1S/C23H23N3OS2/c1-16-12-17(2)14-20(13-16)24-22(27)15-29-21-10-8-19(9-11-21)26-23(28)25-18-6-4-3-5-7-18/h3-14H,15H2,1-2H3,(H,24,27)(H2,25,26,28). The molecule has 0 radical (unpaired) electrons. The zero-order chi connectivity index (χ0) is 20.6. The quantitative estimate of drug-likeness (QED) is 0.345. The van der Waals surface area contributed by atoms with Crippen LogP contribution in [0, 0.1) is 13.8 Å². The van der Waals surface area contributed by atoms with Crippen molar-refractivity contribution in [2.24, 2.45) is 0 Å².